The second-order valence-corrected chi connectivity index (χ2v) is 5.74. The van der Waals surface area contributed by atoms with Crippen LogP contribution in [0.1, 0.15) is 26.3 Å². The average molecular weight is 246 g/mol. The van der Waals surface area contributed by atoms with E-state index in [2.05, 4.69) is 26.1 Å². The maximum absolute atomic E-state index is 6.06. The molecule has 1 aromatic carbocycles. The van der Waals surface area contributed by atoms with Crippen molar-refractivity contribution in [2.75, 3.05) is 6.54 Å². The van der Waals surface area contributed by atoms with Crippen molar-refractivity contribution in [3.63, 3.8) is 0 Å². The van der Waals surface area contributed by atoms with Gasteiger partial charge in [-0.2, -0.15) is 0 Å². The predicted octanol–water partition coefficient (Wildman–Crippen LogP) is 4.13. The SMILES string of the molecule is CC(C)(C)CNCc1ccc(Cl)cc1Cl. The fraction of sp³-hybridized carbons (Fsp3) is 0.500. The van der Waals surface area contributed by atoms with Gasteiger partial charge in [0.05, 0.1) is 0 Å². The topological polar surface area (TPSA) is 12.0 Å². The summed E-state index contributed by atoms with van der Waals surface area (Å²) in [6, 6.07) is 5.60. The molecule has 0 unspecified atom stereocenters. The van der Waals surface area contributed by atoms with Crippen molar-refractivity contribution in [2.45, 2.75) is 27.3 Å². The van der Waals surface area contributed by atoms with Crippen molar-refractivity contribution < 1.29 is 0 Å². The van der Waals surface area contributed by atoms with Crippen LogP contribution >= 0.6 is 23.2 Å². The van der Waals surface area contributed by atoms with Gasteiger partial charge in [-0.25, -0.2) is 0 Å². The molecule has 0 saturated heterocycles. The first-order chi connectivity index (χ1) is 6.88. The predicted molar refractivity (Wildman–Crippen MR) is 67.6 cm³/mol. The summed E-state index contributed by atoms with van der Waals surface area (Å²) < 4.78 is 0. The maximum Gasteiger partial charge on any atom is 0.0465 e. The lowest BCUT2D eigenvalue weighted by Gasteiger charge is -2.19. The molecule has 0 aliphatic heterocycles. The monoisotopic (exact) mass is 245 g/mol. The Balaban J connectivity index is 2.51. The molecule has 84 valence electrons. The van der Waals surface area contributed by atoms with E-state index in [1.807, 2.05) is 12.1 Å². The molecule has 0 radical (unpaired) electrons. The third kappa shape index (κ3) is 4.87. The molecule has 0 bridgehead atoms. The minimum Gasteiger partial charge on any atom is -0.312 e. The van der Waals surface area contributed by atoms with Gasteiger partial charge in [0.25, 0.3) is 0 Å². The summed E-state index contributed by atoms with van der Waals surface area (Å²) in [4.78, 5) is 0. The smallest absolute Gasteiger partial charge is 0.0465 e. The molecule has 1 N–H and O–H groups in total. The lowest BCUT2D eigenvalue weighted by molar-refractivity contribution is 0.379. The van der Waals surface area contributed by atoms with E-state index in [0.717, 1.165) is 23.7 Å². The Hall–Kier alpha value is -0.240. The molecule has 1 rings (SSSR count). The van der Waals surface area contributed by atoms with Gasteiger partial charge < -0.3 is 5.32 Å². The minimum absolute atomic E-state index is 0.291. The van der Waals surface area contributed by atoms with Crippen molar-refractivity contribution >= 4 is 23.2 Å². The van der Waals surface area contributed by atoms with Crippen LogP contribution in [-0.4, -0.2) is 6.54 Å². The van der Waals surface area contributed by atoms with Crippen molar-refractivity contribution in [1.82, 2.24) is 5.32 Å². The van der Waals surface area contributed by atoms with Crippen LogP contribution in [0.2, 0.25) is 10.0 Å². The second kappa shape index (κ2) is 5.20. The summed E-state index contributed by atoms with van der Waals surface area (Å²) in [6.07, 6.45) is 0. The fourth-order valence-corrected chi connectivity index (χ4v) is 1.71. The minimum atomic E-state index is 0.291. The van der Waals surface area contributed by atoms with Crippen LogP contribution in [0, 0.1) is 5.41 Å². The summed E-state index contributed by atoms with van der Waals surface area (Å²) in [5.41, 5.74) is 1.38. The van der Waals surface area contributed by atoms with Gasteiger partial charge in [-0.3, -0.25) is 0 Å². The number of rotatable bonds is 3. The second-order valence-electron chi connectivity index (χ2n) is 4.90. The summed E-state index contributed by atoms with van der Waals surface area (Å²) in [5.74, 6) is 0. The van der Waals surface area contributed by atoms with Crippen LogP contribution in [0.15, 0.2) is 18.2 Å². The number of hydrogen-bond donors (Lipinski definition) is 1. The van der Waals surface area contributed by atoms with Crippen LogP contribution in [0.3, 0.4) is 0 Å². The van der Waals surface area contributed by atoms with Gasteiger partial charge in [0.15, 0.2) is 0 Å². The molecule has 0 fully saturated rings. The first-order valence-corrected chi connectivity index (χ1v) is 5.79. The third-order valence-electron chi connectivity index (χ3n) is 1.99. The number of halogens is 2. The standard InChI is InChI=1S/C12H17Cl2N/c1-12(2,3)8-15-7-9-4-5-10(13)6-11(9)14/h4-6,15H,7-8H2,1-3H3. The Morgan fingerprint density at radius 1 is 1.20 bits per heavy atom. The Kier molecular flexibility index (Phi) is 4.45. The number of hydrogen-bond acceptors (Lipinski definition) is 1. The molecule has 0 aliphatic rings. The van der Waals surface area contributed by atoms with Crippen LogP contribution in [-0.2, 0) is 6.54 Å². The Morgan fingerprint density at radius 2 is 1.87 bits per heavy atom. The highest BCUT2D eigenvalue weighted by molar-refractivity contribution is 6.35. The van der Waals surface area contributed by atoms with Crippen molar-refractivity contribution in [2.24, 2.45) is 5.41 Å². The molecule has 3 heteroatoms. The molecule has 0 amide bonds. The van der Waals surface area contributed by atoms with Gasteiger partial charge in [0.2, 0.25) is 0 Å². The summed E-state index contributed by atoms with van der Waals surface area (Å²) >= 11 is 11.9. The fourth-order valence-electron chi connectivity index (χ4n) is 1.24. The van der Waals surface area contributed by atoms with Gasteiger partial charge in [-0.15, -0.1) is 0 Å². The molecule has 1 aromatic rings. The molecule has 0 atom stereocenters. The van der Waals surface area contributed by atoms with E-state index in [1.165, 1.54) is 0 Å². The van der Waals surface area contributed by atoms with E-state index in [4.69, 9.17) is 23.2 Å². The van der Waals surface area contributed by atoms with Crippen molar-refractivity contribution in [3.8, 4) is 0 Å². The number of nitrogens with one attached hydrogen (secondary N) is 1. The lowest BCUT2D eigenvalue weighted by Crippen LogP contribution is -2.26. The van der Waals surface area contributed by atoms with Gasteiger partial charge in [0, 0.05) is 23.1 Å². The maximum atomic E-state index is 6.06. The highest BCUT2D eigenvalue weighted by Gasteiger charge is 2.09. The van der Waals surface area contributed by atoms with Gasteiger partial charge in [0.1, 0.15) is 0 Å². The van der Waals surface area contributed by atoms with Gasteiger partial charge >= 0.3 is 0 Å². The molecule has 0 aliphatic carbocycles. The zero-order valence-corrected chi connectivity index (χ0v) is 10.9. The largest absolute Gasteiger partial charge is 0.312 e. The lowest BCUT2D eigenvalue weighted by atomic mass is 9.97. The Morgan fingerprint density at radius 3 is 2.40 bits per heavy atom. The highest BCUT2D eigenvalue weighted by Crippen LogP contribution is 2.21. The molecule has 0 heterocycles. The van der Waals surface area contributed by atoms with E-state index >= 15 is 0 Å². The van der Waals surface area contributed by atoms with E-state index < -0.39 is 0 Å². The van der Waals surface area contributed by atoms with Crippen molar-refractivity contribution in [1.29, 1.82) is 0 Å². The van der Waals surface area contributed by atoms with Crippen LogP contribution < -0.4 is 5.32 Å². The molecule has 15 heavy (non-hydrogen) atoms. The normalized spacial score (nSPS) is 11.8. The quantitative estimate of drug-likeness (QED) is 0.845. The molecule has 0 spiro atoms. The Bertz CT molecular complexity index is 329. The molecular formula is C12H17Cl2N. The van der Waals surface area contributed by atoms with Crippen LogP contribution in [0.25, 0.3) is 0 Å². The van der Waals surface area contributed by atoms with E-state index in [1.54, 1.807) is 6.07 Å². The van der Waals surface area contributed by atoms with Gasteiger partial charge in [-0.1, -0.05) is 50.0 Å². The van der Waals surface area contributed by atoms with Crippen LogP contribution in [0.5, 0.6) is 0 Å². The highest BCUT2D eigenvalue weighted by atomic mass is 35.5. The van der Waals surface area contributed by atoms with E-state index in [9.17, 15) is 0 Å². The van der Waals surface area contributed by atoms with E-state index in [-0.39, 0.29) is 0 Å². The third-order valence-corrected chi connectivity index (χ3v) is 2.57. The van der Waals surface area contributed by atoms with Crippen molar-refractivity contribution in [3.05, 3.63) is 33.8 Å². The Labute approximate surface area is 102 Å². The first kappa shape index (κ1) is 12.8. The van der Waals surface area contributed by atoms with Gasteiger partial charge in [-0.05, 0) is 23.1 Å². The summed E-state index contributed by atoms with van der Waals surface area (Å²) in [5, 5.41) is 4.78. The first-order valence-electron chi connectivity index (χ1n) is 5.03. The van der Waals surface area contributed by atoms with Crippen LogP contribution in [0.4, 0.5) is 0 Å². The van der Waals surface area contributed by atoms with E-state index in [0.29, 0.717) is 10.4 Å². The zero-order valence-electron chi connectivity index (χ0n) is 9.40. The molecular weight excluding hydrogens is 229 g/mol. The summed E-state index contributed by atoms with van der Waals surface area (Å²) in [7, 11) is 0. The molecule has 0 saturated carbocycles. The number of benzene rings is 1. The zero-order chi connectivity index (χ0) is 11.5. The summed E-state index contributed by atoms with van der Waals surface area (Å²) in [6.45, 7) is 8.34. The average Bonchev–Trinajstić information content (AvgIpc) is 2.07. The molecule has 0 aromatic heterocycles. The molecule has 1 nitrogen and oxygen atoms in total.